The minimum absolute atomic E-state index is 0.0424. The molecule has 1 N–H and O–H groups in total. The second kappa shape index (κ2) is 4.22. The van der Waals surface area contributed by atoms with Gasteiger partial charge in [0.1, 0.15) is 17.2 Å². The van der Waals surface area contributed by atoms with E-state index in [0.29, 0.717) is 11.2 Å². The minimum atomic E-state index is -0.395. The van der Waals surface area contributed by atoms with Crippen LogP contribution in [-0.2, 0) is 0 Å². The predicted molar refractivity (Wildman–Crippen MR) is 63.3 cm³/mol. The van der Waals surface area contributed by atoms with E-state index in [9.17, 15) is 4.39 Å². The Bertz CT molecular complexity index is 528. The highest BCUT2D eigenvalue weighted by Crippen LogP contribution is 2.24. The quantitative estimate of drug-likeness (QED) is 0.818. The van der Waals surface area contributed by atoms with Crippen molar-refractivity contribution in [2.24, 2.45) is 0 Å². The summed E-state index contributed by atoms with van der Waals surface area (Å²) in [5.41, 5.74) is 0.241. The molecule has 0 aliphatic carbocycles. The zero-order valence-corrected chi connectivity index (χ0v) is 9.72. The molecule has 1 heterocycles. The molecule has 0 unspecified atom stereocenters. The average Bonchev–Trinajstić information content (AvgIpc) is 2.18. The molecule has 0 aliphatic rings. The van der Waals surface area contributed by atoms with Gasteiger partial charge >= 0.3 is 0 Å². The summed E-state index contributed by atoms with van der Waals surface area (Å²) in [6.45, 7) is 3.95. The van der Waals surface area contributed by atoms with Gasteiger partial charge in [0.2, 0.25) is 5.28 Å². The normalized spacial score (nSPS) is 11.1. The highest BCUT2D eigenvalue weighted by atomic mass is 35.5. The van der Waals surface area contributed by atoms with E-state index in [1.807, 2.05) is 13.8 Å². The Morgan fingerprint density at radius 3 is 2.75 bits per heavy atom. The van der Waals surface area contributed by atoms with Crippen molar-refractivity contribution in [3.05, 3.63) is 29.3 Å². The van der Waals surface area contributed by atoms with E-state index in [-0.39, 0.29) is 16.8 Å². The summed E-state index contributed by atoms with van der Waals surface area (Å²) in [7, 11) is 0. The fraction of sp³-hybridized carbons (Fsp3) is 0.273. The van der Waals surface area contributed by atoms with E-state index in [1.54, 1.807) is 12.1 Å². The summed E-state index contributed by atoms with van der Waals surface area (Å²) >= 11 is 5.75. The number of hydrogen-bond donors (Lipinski definition) is 1. The molecule has 0 radical (unpaired) electrons. The molecule has 0 fully saturated rings. The van der Waals surface area contributed by atoms with Gasteiger partial charge in [-0.25, -0.2) is 14.4 Å². The lowest BCUT2D eigenvalue weighted by atomic mass is 10.2. The van der Waals surface area contributed by atoms with Gasteiger partial charge < -0.3 is 5.32 Å². The van der Waals surface area contributed by atoms with Gasteiger partial charge in [-0.05, 0) is 37.6 Å². The Hall–Kier alpha value is -1.42. The van der Waals surface area contributed by atoms with Gasteiger partial charge in [0.05, 0.1) is 0 Å². The van der Waals surface area contributed by atoms with Gasteiger partial charge in [-0.2, -0.15) is 0 Å². The maximum Gasteiger partial charge on any atom is 0.225 e. The average molecular weight is 240 g/mol. The zero-order chi connectivity index (χ0) is 11.7. The van der Waals surface area contributed by atoms with Gasteiger partial charge in [-0.1, -0.05) is 6.07 Å². The van der Waals surface area contributed by atoms with Crippen LogP contribution < -0.4 is 5.32 Å². The third-order valence-corrected chi connectivity index (χ3v) is 2.24. The molecule has 1 aromatic carbocycles. The van der Waals surface area contributed by atoms with Gasteiger partial charge in [-0.3, -0.25) is 0 Å². The molecule has 0 saturated carbocycles. The molecule has 16 heavy (non-hydrogen) atoms. The van der Waals surface area contributed by atoms with Crippen molar-refractivity contribution in [2.75, 3.05) is 5.32 Å². The van der Waals surface area contributed by atoms with Crippen LogP contribution in [0.4, 0.5) is 10.2 Å². The number of nitrogens with zero attached hydrogens (tertiary/aromatic N) is 2. The first-order valence-electron chi connectivity index (χ1n) is 4.96. The fourth-order valence-corrected chi connectivity index (χ4v) is 1.64. The van der Waals surface area contributed by atoms with Crippen LogP contribution in [0, 0.1) is 5.82 Å². The summed E-state index contributed by atoms with van der Waals surface area (Å²) < 4.78 is 13.5. The fourth-order valence-electron chi connectivity index (χ4n) is 1.47. The third-order valence-electron chi connectivity index (χ3n) is 2.08. The predicted octanol–water partition coefficient (Wildman–Crippen LogP) is 3.24. The topological polar surface area (TPSA) is 37.8 Å². The lowest BCUT2D eigenvalue weighted by Crippen LogP contribution is -2.12. The van der Waals surface area contributed by atoms with Crippen molar-refractivity contribution in [3.8, 4) is 0 Å². The maximum absolute atomic E-state index is 13.5. The number of para-hydroxylation sites is 1. The Morgan fingerprint density at radius 1 is 1.31 bits per heavy atom. The number of nitrogens with one attached hydrogen (secondary N) is 1. The lowest BCUT2D eigenvalue weighted by molar-refractivity contribution is 0.636. The summed E-state index contributed by atoms with van der Waals surface area (Å²) in [4.78, 5) is 7.94. The third kappa shape index (κ3) is 2.07. The van der Waals surface area contributed by atoms with Crippen LogP contribution in [0.2, 0.25) is 5.28 Å². The Labute approximate surface area is 97.7 Å². The second-order valence-electron chi connectivity index (χ2n) is 3.78. The maximum atomic E-state index is 13.5. The van der Waals surface area contributed by atoms with Crippen LogP contribution in [0.5, 0.6) is 0 Å². The van der Waals surface area contributed by atoms with Crippen molar-refractivity contribution < 1.29 is 4.39 Å². The molecule has 0 saturated heterocycles. The second-order valence-corrected chi connectivity index (χ2v) is 4.11. The van der Waals surface area contributed by atoms with E-state index in [2.05, 4.69) is 15.3 Å². The standard InChI is InChI=1S/C11H11ClFN3/c1-6(2)14-10-7-4-3-5-8(13)9(7)15-11(12)16-10/h3-6H,1-2H3,(H,14,15,16). The van der Waals surface area contributed by atoms with E-state index >= 15 is 0 Å². The lowest BCUT2D eigenvalue weighted by Gasteiger charge is -2.11. The Morgan fingerprint density at radius 2 is 2.06 bits per heavy atom. The molecule has 0 amide bonds. The minimum Gasteiger partial charge on any atom is -0.367 e. The van der Waals surface area contributed by atoms with E-state index in [0.717, 1.165) is 0 Å². The van der Waals surface area contributed by atoms with Crippen molar-refractivity contribution in [2.45, 2.75) is 19.9 Å². The van der Waals surface area contributed by atoms with Crippen LogP contribution in [0.1, 0.15) is 13.8 Å². The SMILES string of the molecule is CC(C)Nc1nc(Cl)nc2c(F)cccc12. The molecule has 84 valence electrons. The summed E-state index contributed by atoms with van der Waals surface area (Å²) in [5.74, 6) is 0.165. The molecular formula is C11H11ClFN3. The summed E-state index contributed by atoms with van der Waals surface area (Å²) in [5, 5.41) is 3.79. The van der Waals surface area contributed by atoms with Crippen molar-refractivity contribution in [1.82, 2.24) is 9.97 Å². The van der Waals surface area contributed by atoms with Crippen molar-refractivity contribution in [3.63, 3.8) is 0 Å². The highest BCUT2D eigenvalue weighted by Gasteiger charge is 2.10. The first-order valence-corrected chi connectivity index (χ1v) is 5.34. The number of benzene rings is 1. The summed E-state index contributed by atoms with van der Waals surface area (Å²) in [6, 6.07) is 4.93. The molecule has 0 bridgehead atoms. The van der Waals surface area contributed by atoms with Crippen LogP contribution in [-0.4, -0.2) is 16.0 Å². The first kappa shape index (κ1) is 11.1. The molecule has 0 atom stereocenters. The largest absolute Gasteiger partial charge is 0.367 e. The number of halogens is 2. The molecule has 2 rings (SSSR count). The number of anilines is 1. The molecule has 1 aromatic heterocycles. The summed E-state index contributed by atoms with van der Waals surface area (Å²) in [6.07, 6.45) is 0. The Kier molecular flexibility index (Phi) is 2.92. The Balaban J connectivity index is 2.68. The monoisotopic (exact) mass is 239 g/mol. The number of aromatic nitrogens is 2. The van der Waals surface area contributed by atoms with Crippen LogP contribution >= 0.6 is 11.6 Å². The smallest absolute Gasteiger partial charge is 0.225 e. The molecule has 2 aromatic rings. The molecule has 3 nitrogen and oxygen atoms in total. The zero-order valence-electron chi connectivity index (χ0n) is 8.96. The van der Waals surface area contributed by atoms with Crippen LogP contribution in [0.15, 0.2) is 18.2 Å². The van der Waals surface area contributed by atoms with Crippen molar-refractivity contribution in [1.29, 1.82) is 0 Å². The molecule has 0 spiro atoms. The molecular weight excluding hydrogens is 229 g/mol. The number of fused-ring (bicyclic) bond motifs is 1. The van der Waals surface area contributed by atoms with Crippen molar-refractivity contribution >= 4 is 28.3 Å². The molecule has 5 heteroatoms. The van der Waals surface area contributed by atoms with E-state index in [4.69, 9.17) is 11.6 Å². The van der Waals surface area contributed by atoms with Gasteiger partial charge in [0.25, 0.3) is 0 Å². The number of hydrogen-bond acceptors (Lipinski definition) is 3. The molecule has 0 aliphatic heterocycles. The highest BCUT2D eigenvalue weighted by molar-refractivity contribution is 6.28. The van der Waals surface area contributed by atoms with E-state index in [1.165, 1.54) is 6.07 Å². The van der Waals surface area contributed by atoms with Gasteiger partial charge in [0, 0.05) is 11.4 Å². The first-order chi connectivity index (χ1) is 7.58. The van der Waals surface area contributed by atoms with E-state index < -0.39 is 5.82 Å². The number of rotatable bonds is 2. The van der Waals surface area contributed by atoms with Crippen LogP contribution in [0.25, 0.3) is 10.9 Å². The van der Waals surface area contributed by atoms with Crippen LogP contribution in [0.3, 0.4) is 0 Å². The van der Waals surface area contributed by atoms with Gasteiger partial charge in [-0.15, -0.1) is 0 Å². The van der Waals surface area contributed by atoms with Gasteiger partial charge in [0.15, 0.2) is 0 Å².